The lowest BCUT2D eigenvalue weighted by Crippen LogP contribution is -2.40. The molecule has 1 saturated carbocycles. The molecule has 0 unspecified atom stereocenters. The SMILES string of the molecule is O=C(NC1CC1)c1cc(NCC2(c3cccc(F)c3)CCOCC2)nc2ccccc12. The van der Waals surface area contributed by atoms with Crippen LogP contribution in [0, 0.1) is 5.82 Å². The molecule has 2 heterocycles. The van der Waals surface area contributed by atoms with Gasteiger partial charge in [-0.3, -0.25) is 4.79 Å². The molecule has 0 atom stereocenters. The zero-order chi connectivity index (χ0) is 21.3. The van der Waals surface area contributed by atoms with Crippen molar-refractivity contribution in [3.8, 4) is 0 Å². The Morgan fingerprint density at radius 3 is 2.68 bits per heavy atom. The number of hydrogen-bond donors (Lipinski definition) is 2. The van der Waals surface area contributed by atoms with Gasteiger partial charge in [0.05, 0.1) is 11.1 Å². The highest BCUT2D eigenvalue weighted by molar-refractivity contribution is 6.07. The molecule has 2 aliphatic rings. The summed E-state index contributed by atoms with van der Waals surface area (Å²) in [5.41, 5.74) is 2.13. The number of anilines is 1. The van der Waals surface area contributed by atoms with Crippen LogP contribution in [0.2, 0.25) is 0 Å². The quantitative estimate of drug-likeness (QED) is 0.621. The minimum absolute atomic E-state index is 0.0601. The monoisotopic (exact) mass is 419 g/mol. The van der Waals surface area contributed by atoms with E-state index in [1.807, 2.05) is 36.4 Å². The fourth-order valence-electron chi connectivity index (χ4n) is 4.35. The maximum Gasteiger partial charge on any atom is 0.252 e. The number of halogens is 1. The van der Waals surface area contributed by atoms with E-state index in [-0.39, 0.29) is 23.2 Å². The molecule has 1 aliphatic carbocycles. The summed E-state index contributed by atoms with van der Waals surface area (Å²) in [6.45, 7) is 1.87. The Bertz CT molecular complexity index is 1110. The molecule has 0 radical (unpaired) electrons. The number of rotatable bonds is 6. The minimum Gasteiger partial charge on any atom is -0.381 e. The molecule has 2 aromatic carbocycles. The molecule has 1 aromatic heterocycles. The maximum absolute atomic E-state index is 14.0. The van der Waals surface area contributed by atoms with Gasteiger partial charge in [0, 0.05) is 36.6 Å². The number of pyridine rings is 1. The van der Waals surface area contributed by atoms with Crippen molar-refractivity contribution in [3.63, 3.8) is 0 Å². The van der Waals surface area contributed by atoms with E-state index in [0.29, 0.717) is 31.1 Å². The topological polar surface area (TPSA) is 63.2 Å². The van der Waals surface area contributed by atoms with Crippen LogP contribution in [0.4, 0.5) is 10.2 Å². The first-order chi connectivity index (χ1) is 15.1. The van der Waals surface area contributed by atoms with Crippen LogP contribution < -0.4 is 10.6 Å². The Morgan fingerprint density at radius 1 is 1.10 bits per heavy atom. The van der Waals surface area contributed by atoms with Crippen LogP contribution in [0.15, 0.2) is 54.6 Å². The first-order valence-corrected chi connectivity index (χ1v) is 10.9. The molecule has 6 heteroatoms. The molecule has 1 aliphatic heterocycles. The summed E-state index contributed by atoms with van der Waals surface area (Å²) in [7, 11) is 0. The van der Waals surface area contributed by atoms with Crippen molar-refractivity contribution in [2.45, 2.75) is 37.1 Å². The highest BCUT2D eigenvalue weighted by Crippen LogP contribution is 2.35. The van der Waals surface area contributed by atoms with E-state index < -0.39 is 0 Å². The van der Waals surface area contributed by atoms with Gasteiger partial charge in [0.25, 0.3) is 5.91 Å². The van der Waals surface area contributed by atoms with Crippen LogP contribution in [0.1, 0.15) is 41.6 Å². The van der Waals surface area contributed by atoms with Crippen LogP contribution in [-0.4, -0.2) is 36.7 Å². The number of aromatic nitrogens is 1. The van der Waals surface area contributed by atoms with Crippen molar-refractivity contribution in [3.05, 3.63) is 71.5 Å². The van der Waals surface area contributed by atoms with Gasteiger partial charge in [-0.15, -0.1) is 0 Å². The van der Waals surface area contributed by atoms with Gasteiger partial charge in [-0.1, -0.05) is 30.3 Å². The molecule has 160 valence electrons. The van der Waals surface area contributed by atoms with Crippen LogP contribution in [0.25, 0.3) is 10.9 Å². The summed E-state index contributed by atoms with van der Waals surface area (Å²) in [6.07, 6.45) is 3.67. The molecular weight excluding hydrogens is 393 g/mol. The lowest BCUT2D eigenvalue weighted by molar-refractivity contribution is 0.0542. The lowest BCUT2D eigenvalue weighted by atomic mass is 9.74. The average Bonchev–Trinajstić information content (AvgIpc) is 3.62. The first-order valence-electron chi connectivity index (χ1n) is 10.9. The Hall–Kier alpha value is -2.99. The predicted octanol–water partition coefficient (Wildman–Crippen LogP) is 4.43. The zero-order valence-corrected chi connectivity index (χ0v) is 17.4. The number of amides is 1. The Balaban J connectivity index is 1.45. The van der Waals surface area contributed by atoms with Gasteiger partial charge in [-0.05, 0) is 55.5 Å². The maximum atomic E-state index is 14.0. The van der Waals surface area contributed by atoms with E-state index >= 15 is 0 Å². The number of carbonyl (C=O) groups is 1. The largest absolute Gasteiger partial charge is 0.381 e. The number of nitrogens with one attached hydrogen (secondary N) is 2. The van der Waals surface area contributed by atoms with Crippen LogP contribution in [0.5, 0.6) is 0 Å². The van der Waals surface area contributed by atoms with E-state index in [9.17, 15) is 9.18 Å². The Morgan fingerprint density at radius 2 is 1.90 bits per heavy atom. The summed E-state index contributed by atoms with van der Waals surface area (Å²) in [4.78, 5) is 17.6. The van der Waals surface area contributed by atoms with Crippen LogP contribution in [-0.2, 0) is 10.2 Å². The average molecular weight is 420 g/mol. The molecule has 1 amide bonds. The van der Waals surface area contributed by atoms with Crippen molar-refractivity contribution < 1.29 is 13.9 Å². The fraction of sp³-hybridized carbons (Fsp3) is 0.360. The van der Waals surface area contributed by atoms with Crippen molar-refractivity contribution in [2.75, 3.05) is 25.1 Å². The Kier molecular flexibility index (Phi) is 5.32. The third-order valence-electron chi connectivity index (χ3n) is 6.37. The highest BCUT2D eigenvalue weighted by Gasteiger charge is 2.35. The molecular formula is C25H26FN3O2. The number of carbonyl (C=O) groups excluding carboxylic acids is 1. The van der Waals surface area contributed by atoms with Crippen LogP contribution in [0.3, 0.4) is 0 Å². The number of fused-ring (bicyclic) bond motifs is 1. The first kappa shape index (κ1) is 19.9. The molecule has 5 rings (SSSR count). The molecule has 3 aromatic rings. The second kappa shape index (κ2) is 8.27. The minimum atomic E-state index is -0.246. The van der Waals surface area contributed by atoms with Crippen molar-refractivity contribution in [1.82, 2.24) is 10.3 Å². The molecule has 0 spiro atoms. The van der Waals surface area contributed by atoms with Gasteiger partial charge < -0.3 is 15.4 Å². The summed E-state index contributed by atoms with van der Waals surface area (Å²) in [5, 5.41) is 7.39. The third kappa shape index (κ3) is 4.26. The lowest BCUT2D eigenvalue weighted by Gasteiger charge is -2.38. The second-order valence-electron chi connectivity index (χ2n) is 8.58. The van der Waals surface area contributed by atoms with E-state index in [2.05, 4.69) is 10.6 Å². The standard InChI is InChI=1S/C25H26FN3O2/c26-18-5-3-4-17(14-18)25(10-12-31-13-11-25)16-27-23-15-21(24(30)28-19-8-9-19)20-6-1-2-7-22(20)29-23/h1-7,14-15,19H,8-13,16H2,(H,27,29)(H,28,30). The van der Waals surface area contributed by atoms with Gasteiger partial charge in [-0.25, -0.2) is 9.37 Å². The highest BCUT2D eigenvalue weighted by atomic mass is 19.1. The summed E-state index contributed by atoms with van der Waals surface area (Å²) < 4.78 is 19.6. The van der Waals surface area contributed by atoms with Gasteiger partial charge in [-0.2, -0.15) is 0 Å². The number of para-hydroxylation sites is 1. The van der Waals surface area contributed by atoms with Crippen molar-refractivity contribution in [1.29, 1.82) is 0 Å². The van der Waals surface area contributed by atoms with Gasteiger partial charge >= 0.3 is 0 Å². The third-order valence-corrected chi connectivity index (χ3v) is 6.37. The van der Waals surface area contributed by atoms with Gasteiger partial charge in [0.15, 0.2) is 0 Å². The van der Waals surface area contributed by atoms with Crippen molar-refractivity contribution in [2.24, 2.45) is 0 Å². The fourth-order valence-corrected chi connectivity index (χ4v) is 4.35. The molecule has 31 heavy (non-hydrogen) atoms. The van der Waals surface area contributed by atoms with E-state index in [1.54, 1.807) is 12.1 Å². The Labute approximate surface area is 181 Å². The number of nitrogens with zero attached hydrogens (tertiary/aromatic N) is 1. The second-order valence-corrected chi connectivity index (χ2v) is 8.58. The summed E-state index contributed by atoms with van der Waals surface area (Å²) in [5.74, 6) is 0.364. The normalized spacial score (nSPS) is 18.0. The summed E-state index contributed by atoms with van der Waals surface area (Å²) >= 11 is 0. The van der Waals surface area contributed by atoms with E-state index in [4.69, 9.17) is 9.72 Å². The smallest absolute Gasteiger partial charge is 0.252 e. The predicted molar refractivity (Wildman–Crippen MR) is 119 cm³/mol. The van der Waals surface area contributed by atoms with Gasteiger partial charge in [0.1, 0.15) is 11.6 Å². The molecule has 2 N–H and O–H groups in total. The van der Waals surface area contributed by atoms with E-state index in [0.717, 1.165) is 42.1 Å². The molecule has 2 fully saturated rings. The van der Waals surface area contributed by atoms with Crippen LogP contribution >= 0.6 is 0 Å². The number of hydrogen-bond acceptors (Lipinski definition) is 4. The molecule has 1 saturated heterocycles. The van der Waals surface area contributed by atoms with Gasteiger partial charge in [0.2, 0.25) is 0 Å². The van der Waals surface area contributed by atoms with Crippen molar-refractivity contribution >= 4 is 22.6 Å². The summed E-state index contributed by atoms with van der Waals surface area (Å²) in [6, 6.07) is 16.7. The molecule has 0 bridgehead atoms. The van der Waals surface area contributed by atoms with E-state index in [1.165, 1.54) is 6.07 Å². The molecule has 5 nitrogen and oxygen atoms in total. The zero-order valence-electron chi connectivity index (χ0n) is 17.4. The number of ether oxygens (including phenoxy) is 1. The number of benzene rings is 2.